The lowest BCUT2D eigenvalue weighted by Crippen LogP contribution is -2.24. The molecular formula is C13H12ClFO2S. The number of thiophene rings is 1. The lowest BCUT2D eigenvalue weighted by Gasteiger charge is -2.25. The zero-order valence-electron chi connectivity index (χ0n) is 9.91. The fourth-order valence-electron chi connectivity index (χ4n) is 1.90. The first kappa shape index (κ1) is 13.3. The summed E-state index contributed by atoms with van der Waals surface area (Å²) in [7, 11) is 1.43. The minimum atomic E-state index is -1.53. The van der Waals surface area contributed by atoms with E-state index >= 15 is 0 Å². The van der Waals surface area contributed by atoms with Gasteiger partial charge in [0, 0.05) is 0 Å². The molecule has 0 radical (unpaired) electrons. The highest BCUT2D eigenvalue weighted by Crippen LogP contribution is 2.42. The van der Waals surface area contributed by atoms with E-state index in [4.69, 9.17) is 16.3 Å². The van der Waals surface area contributed by atoms with Gasteiger partial charge in [-0.25, -0.2) is 4.39 Å². The van der Waals surface area contributed by atoms with Gasteiger partial charge in [-0.2, -0.15) is 0 Å². The second-order valence-corrected chi connectivity index (χ2v) is 5.31. The van der Waals surface area contributed by atoms with Crippen molar-refractivity contribution in [3.8, 4) is 5.75 Å². The summed E-state index contributed by atoms with van der Waals surface area (Å²) < 4.78 is 19.1. The highest BCUT2D eigenvalue weighted by atomic mass is 35.5. The van der Waals surface area contributed by atoms with E-state index in [1.54, 1.807) is 17.5 Å². The third kappa shape index (κ3) is 2.11. The normalized spacial score (nSPS) is 14.3. The molecule has 0 spiro atoms. The number of hydrogen-bond donors (Lipinski definition) is 1. The van der Waals surface area contributed by atoms with E-state index in [1.807, 2.05) is 0 Å². The first-order valence-corrected chi connectivity index (χ1v) is 6.53. The van der Waals surface area contributed by atoms with Gasteiger partial charge in [-0.3, -0.25) is 0 Å². The summed E-state index contributed by atoms with van der Waals surface area (Å²) in [6.07, 6.45) is 0. The maximum absolute atomic E-state index is 14.0. The summed E-state index contributed by atoms with van der Waals surface area (Å²) in [5.41, 5.74) is -1.43. The fraction of sp³-hybridized carbons (Fsp3) is 0.231. The van der Waals surface area contributed by atoms with Crippen LogP contribution in [0.4, 0.5) is 4.39 Å². The number of halogens is 2. The van der Waals surface area contributed by atoms with E-state index in [1.165, 1.54) is 37.5 Å². The highest BCUT2D eigenvalue weighted by molar-refractivity contribution is 7.10. The van der Waals surface area contributed by atoms with E-state index in [2.05, 4.69) is 0 Å². The van der Waals surface area contributed by atoms with Gasteiger partial charge in [-0.05, 0) is 30.5 Å². The van der Waals surface area contributed by atoms with Crippen molar-refractivity contribution in [3.05, 3.63) is 50.9 Å². The fourth-order valence-corrected chi connectivity index (χ4v) is 3.21. The van der Waals surface area contributed by atoms with Crippen molar-refractivity contribution < 1.29 is 14.2 Å². The Hall–Kier alpha value is -1.10. The van der Waals surface area contributed by atoms with Crippen LogP contribution in [0.5, 0.6) is 5.75 Å². The van der Waals surface area contributed by atoms with Crippen LogP contribution in [0.3, 0.4) is 0 Å². The molecule has 0 amide bonds. The molecule has 1 aromatic heterocycles. The maximum atomic E-state index is 14.0. The summed E-state index contributed by atoms with van der Waals surface area (Å²) in [5.74, 6) is -0.228. The number of hydrogen-bond acceptors (Lipinski definition) is 3. The first-order chi connectivity index (χ1) is 8.48. The molecule has 2 rings (SSSR count). The molecule has 18 heavy (non-hydrogen) atoms. The topological polar surface area (TPSA) is 29.5 Å². The summed E-state index contributed by atoms with van der Waals surface area (Å²) in [5, 5.41) is 12.8. The third-order valence-corrected chi connectivity index (χ3v) is 4.29. The van der Waals surface area contributed by atoms with Crippen LogP contribution < -0.4 is 4.74 Å². The van der Waals surface area contributed by atoms with Gasteiger partial charge in [0.05, 0.1) is 22.6 Å². The zero-order valence-corrected chi connectivity index (χ0v) is 11.5. The van der Waals surface area contributed by atoms with Crippen molar-refractivity contribution in [2.45, 2.75) is 12.5 Å². The Balaban J connectivity index is 2.64. The molecular weight excluding hydrogens is 275 g/mol. The Morgan fingerprint density at radius 2 is 2.11 bits per heavy atom. The Labute approximate surface area is 114 Å². The molecule has 0 saturated carbocycles. The van der Waals surface area contributed by atoms with Gasteiger partial charge >= 0.3 is 0 Å². The second kappa shape index (κ2) is 4.88. The molecule has 1 atom stereocenters. The Morgan fingerprint density at radius 3 is 2.67 bits per heavy atom. The van der Waals surface area contributed by atoms with Crippen LogP contribution in [0.15, 0.2) is 29.6 Å². The van der Waals surface area contributed by atoms with Gasteiger partial charge in [0.2, 0.25) is 0 Å². The predicted octanol–water partition coefficient (Wildman–Crippen LogP) is 3.81. The monoisotopic (exact) mass is 286 g/mol. The van der Waals surface area contributed by atoms with Crippen LogP contribution in [-0.2, 0) is 5.60 Å². The van der Waals surface area contributed by atoms with E-state index in [0.29, 0.717) is 15.6 Å². The molecule has 96 valence electrons. The Bertz CT molecular complexity index is 566. The van der Waals surface area contributed by atoms with E-state index in [-0.39, 0.29) is 5.56 Å². The third-order valence-electron chi connectivity index (χ3n) is 2.74. The predicted molar refractivity (Wildman–Crippen MR) is 71.0 cm³/mol. The number of rotatable bonds is 3. The quantitative estimate of drug-likeness (QED) is 0.930. The van der Waals surface area contributed by atoms with Crippen molar-refractivity contribution >= 4 is 22.9 Å². The highest BCUT2D eigenvalue weighted by Gasteiger charge is 2.35. The van der Waals surface area contributed by atoms with Gasteiger partial charge in [0.1, 0.15) is 17.2 Å². The van der Waals surface area contributed by atoms with Crippen LogP contribution in [0.25, 0.3) is 0 Å². The lowest BCUT2D eigenvalue weighted by molar-refractivity contribution is 0.0984. The van der Waals surface area contributed by atoms with Crippen molar-refractivity contribution in [1.82, 2.24) is 0 Å². The van der Waals surface area contributed by atoms with Gasteiger partial charge < -0.3 is 9.84 Å². The smallest absolute Gasteiger partial charge is 0.133 e. The molecule has 0 aliphatic carbocycles. The number of aliphatic hydroxyl groups is 1. The molecule has 0 fully saturated rings. The second-order valence-electron chi connectivity index (χ2n) is 3.99. The minimum absolute atomic E-state index is 0.0943. The van der Waals surface area contributed by atoms with Crippen molar-refractivity contribution in [1.29, 1.82) is 0 Å². The number of benzene rings is 1. The largest absolute Gasteiger partial charge is 0.496 e. The minimum Gasteiger partial charge on any atom is -0.496 e. The maximum Gasteiger partial charge on any atom is 0.133 e. The van der Waals surface area contributed by atoms with Crippen LogP contribution >= 0.6 is 22.9 Å². The summed E-state index contributed by atoms with van der Waals surface area (Å²) in [6, 6.07) is 6.09. The molecule has 5 heteroatoms. The summed E-state index contributed by atoms with van der Waals surface area (Å²) in [4.78, 5) is 0.493. The van der Waals surface area contributed by atoms with Crippen LogP contribution in [0.2, 0.25) is 5.02 Å². The van der Waals surface area contributed by atoms with Crippen molar-refractivity contribution in [2.24, 2.45) is 0 Å². The van der Waals surface area contributed by atoms with Gasteiger partial charge in [-0.1, -0.05) is 17.7 Å². The summed E-state index contributed by atoms with van der Waals surface area (Å²) >= 11 is 7.28. The zero-order chi connectivity index (χ0) is 13.3. The average Bonchev–Trinajstić information content (AvgIpc) is 2.75. The molecule has 1 unspecified atom stereocenters. The molecule has 1 heterocycles. The number of methoxy groups -OCH3 is 1. The SMILES string of the molecule is COc1cccc(F)c1C(C)(O)c1sccc1Cl. The van der Waals surface area contributed by atoms with E-state index in [9.17, 15) is 9.50 Å². The molecule has 1 N–H and O–H groups in total. The number of ether oxygens (including phenoxy) is 1. The Morgan fingerprint density at radius 1 is 1.39 bits per heavy atom. The first-order valence-electron chi connectivity index (χ1n) is 5.27. The summed E-state index contributed by atoms with van der Waals surface area (Å²) in [6.45, 7) is 1.51. The molecule has 0 aliphatic heterocycles. The van der Waals surface area contributed by atoms with Gasteiger partial charge in [-0.15, -0.1) is 11.3 Å². The van der Waals surface area contributed by atoms with Crippen LogP contribution in [0.1, 0.15) is 17.4 Å². The van der Waals surface area contributed by atoms with Gasteiger partial charge in [0.25, 0.3) is 0 Å². The van der Waals surface area contributed by atoms with E-state index in [0.717, 1.165) is 0 Å². The van der Waals surface area contributed by atoms with Crippen LogP contribution in [0, 0.1) is 5.82 Å². The van der Waals surface area contributed by atoms with Gasteiger partial charge in [0.15, 0.2) is 0 Å². The standard InChI is InChI=1S/C13H12ClFO2S/c1-13(16,12-8(14)6-7-18-12)11-9(15)4-3-5-10(11)17-2/h3-7,16H,1-2H3. The molecule has 1 aromatic carbocycles. The average molecular weight is 287 g/mol. The molecule has 2 nitrogen and oxygen atoms in total. The molecule has 2 aromatic rings. The Kier molecular flexibility index (Phi) is 3.61. The molecule has 0 aliphatic rings. The van der Waals surface area contributed by atoms with Crippen molar-refractivity contribution in [2.75, 3.05) is 7.11 Å². The van der Waals surface area contributed by atoms with Crippen molar-refractivity contribution in [3.63, 3.8) is 0 Å². The molecule has 0 saturated heterocycles. The lowest BCUT2D eigenvalue weighted by atomic mass is 9.93. The van der Waals surface area contributed by atoms with Crippen LogP contribution in [-0.4, -0.2) is 12.2 Å². The molecule has 0 bridgehead atoms. The van der Waals surface area contributed by atoms with E-state index < -0.39 is 11.4 Å².